The van der Waals surface area contributed by atoms with Gasteiger partial charge in [0.15, 0.2) is 0 Å². The molecule has 0 aliphatic carbocycles. The van der Waals surface area contributed by atoms with E-state index in [1.54, 1.807) is 13.8 Å². The summed E-state index contributed by atoms with van der Waals surface area (Å²) in [5.74, 6) is -2.03. The van der Waals surface area contributed by atoms with E-state index in [2.05, 4.69) is 18.8 Å². The summed E-state index contributed by atoms with van der Waals surface area (Å²) in [6, 6.07) is 4.78. The van der Waals surface area contributed by atoms with Gasteiger partial charge in [-0.1, -0.05) is 0 Å². The van der Waals surface area contributed by atoms with Crippen molar-refractivity contribution in [3.05, 3.63) is 66.9 Å². The molecule has 1 unspecified atom stereocenters. The van der Waals surface area contributed by atoms with Gasteiger partial charge in [0.05, 0.1) is 46.2 Å². The van der Waals surface area contributed by atoms with Gasteiger partial charge in [-0.3, -0.25) is 19.7 Å². The number of nitrogens with one attached hydrogen (secondary N) is 1. The Hall–Kier alpha value is -3.11. The third-order valence-electron chi connectivity index (χ3n) is 5.99. The molecule has 0 saturated carbocycles. The van der Waals surface area contributed by atoms with Gasteiger partial charge in [0.2, 0.25) is 11.7 Å². The summed E-state index contributed by atoms with van der Waals surface area (Å²) in [6.45, 7) is 10.7. The van der Waals surface area contributed by atoms with Crippen LogP contribution in [0.2, 0.25) is 0 Å². The fraction of sp³-hybridized carbons (Fsp3) is 0.435. The molecule has 1 atom stereocenters. The summed E-state index contributed by atoms with van der Waals surface area (Å²) in [5, 5.41) is 24.8. The van der Waals surface area contributed by atoms with Crippen molar-refractivity contribution in [1.82, 2.24) is 9.88 Å². The third kappa shape index (κ3) is 4.96. The highest BCUT2D eigenvalue weighted by atomic mass is 32.1. The van der Waals surface area contributed by atoms with Gasteiger partial charge in [0, 0.05) is 30.7 Å². The van der Waals surface area contributed by atoms with Crippen LogP contribution in [-0.4, -0.2) is 52.7 Å². The number of aryl methyl sites for hydroxylation is 2. The van der Waals surface area contributed by atoms with Gasteiger partial charge in [0.1, 0.15) is 0 Å². The second kappa shape index (κ2) is 10.2. The standard InChI is InChI=1S/C23H28N4O5S/c1-5-25(6-2)12-7-13-26-19(16-8-10-17(11-9-16)27(31)32)18(21(29)23(26)30)20(28)22-14(3)24-15(4)33-22/h8-11,19,29H,5-7,12-13H2,1-4H3. The van der Waals surface area contributed by atoms with Crippen molar-refractivity contribution in [2.75, 3.05) is 26.2 Å². The zero-order valence-electron chi connectivity index (χ0n) is 19.2. The first kappa shape index (κ1) is 24.5. The number of quaternary nitrogens is 1. The van der Waals surface area contributed by atoms with Crippen molar-refractivity contribution in [2.24, 2.45) is 0 Å². The van der Waals surface area contributed by atoms with Gasteiger partial charge < -0.3 is 14.9 Å². The number of nitrogens with zero attached hydrogens (tertiary/aromatic N) is 3. The molecule has 33 heavy (non-hydrogen) atoms. The molecule has 2 heterocycles. The molecule has 0 spiro atoms. The van der Waals surface area contributed by atoms with Gasteiger partial charge in [0.25, 0.3) is 5.69 Å². The molecular weight excluding hydrogens is 444 g/mol. The number of ketones is 1. The zero-order valence-corrected chi connectivity index (χ0v) is 20.0. The van der Waals surface area contributed by atoms with Crippen molar-refractivity contribution in [1.29, 1.82) is 0 Å². The average Bonchev–Trinajstić information content (AvgIpc) is 3.26. The largest absolute Gasteiger partial charge is 0.868 e. The van der Waals surface area contributed by atoms with Gasteiger partial charge in [-0.05, 0) is 51.2 Å². The summed E-state index contributed by atoms with van der Waals surface area (Å²) >= 11 is 1.19. The number of carbonyl (C=O) groups excluding carboxylic acids is 2. The molecule has 1 amide bonds. The number of hydrogen-bond acceptors (Lipinski definition) is 7. The highest BCUT2D eigenvalue weighted by Gasteiger charge is 2.40. The molecule has 1 aromatic heterocycles. The number of thiazole rings is 1. The summed E-state index contributed by atoms with van der Waals surface area (Å²) in [5.41, 5.74) is 0.794. The molecule has 1 N–H and O–H groups in total. The van der Waals surface area contributed by atoms with E-state index in [0.717, 1.165) is 19.6 Å². The third-order valence-corrected chi connectivity index (χ3v) is 7.06. The number of nitro groups is 1. The van der Waals surface area contributed by atoms with E-state index in [9.17, 15) is 24.8 Å². The quantitative estimate of drug-likeness (QED) is 0.317. The summed E-state index contributed by atoms with van der Waals surface area (Å²) in [4.78, 5) is 44.4. The molecule has 1 aromatic carbocycles. The first-order valence-electron chi connectivity index (χ1n) is 11.0. The first-order valence-corrected chi connectivity index (χ1v) is 11.8. The number of nitro benzene ring substituents is 1. The van der Waals surface area contributed by atoms with Crippen LogP contribution in [0.15, 0.2) is 35.6 Å². The molecule has 0 bridgehead atoms. The Balaban J connectivity index is 2.00. The lowest BCUT2D eigenvalue weighted by Crippen LogP contribution is -3.11. The van der Waals surface area contributed by atoms with Crippen LogP contribution in [0.4, 0.5) is 5.69 Å². The number of non-ortho nitro benzene ring substituents is 1. The summed E-state index contributed by atoms with van der Waals surface area (Å²) < 4.78 is 0. The van der Waals surface area contributed by atoms with Crippen molar-refractivity contribution in [2.45, 2.75) is 40.2 Å². The van der Waals surface area contributed by atoms with Crippen LogP contribution in [0, 0.1) is 24.0 Å². The van der Waals surface area contributed by atoms with Crippen molar-refractivity contribution < 1.29 is 24.5 Å². The van der Waals surface area contributed by atoms with Gasteiger partial charge in [-0.2, -0.15) is 0 Å². The summed E-state index contributed by atoms with van der Waals surface area (Å²) in [6.07, 6.45) is 0.666. The van der Waals surface area contributed by atoms with Crippen molar-refractivity contribution in [3.8, 4) is 0 Å². The molecule has 1 aliphatic rings. The Morgan fingerprint density at radius 3 is 2.36 bits per heavy atom. The topological polar surface area (TPSA) is 121 Å². The van der Waals surface area contributed by atoms with E-state index < -0.39 is 28.4 Å². The minimum absolute atomic E-state index is 0.104. The fourth-order valence-electron chi connectivity index (χ4n) is 4.19. The van der Waals surface area contributed by atoms with Crippen LogP contribution in [-0.2, 0) is 4.79 Å². The number of benzene rings is 1. The van der Waals surface area contributed by atoms with Crippen LogP contribution in [0.3, 0.4) is 0 Å². The van der Waals surface area contributed by atoms with E-state index in [1.165, 1.54) is 45.4 Å². The normalized spacial score (nSPS) is 16.2. The van der Waals surface area contributed by atoms with Crippen LogP contribution in [0.1, 0.15) is 52.2 Å². The molecule has 1 aliphatic heterocycles. The van der Waals surface area contributed by atoms with Crippen molar-refractivity contribution in [3.63, 3.8) is 0 Å². The minimum atomic E-state index is -0.883. The Morgan fingerprint density at radius 2 is 1.85 bits per heavy atom. The fourth-order valence-corrected chi connectivity index (χ4v) is 5.07. The molecule has 0 radical (unpaired) electrons. The predicted molar refractivity (Wildman–Crippen MR) is 122 cm³/mol. The molecule has 0 fully saturated rings. The lowest BCUT2D eigenvalue weighted by atomic mass is 9.95. The Labute approximate surface area is 196 Å². The highest BCUT2D eigenvalue weighted by molar-refractivity contribution is 7.14. The number of hydrogen-bond donors (Lipinski definition) is 1. The number of aromatic nitrogens is 1. The second-order valence-electron chi connectivity index (χ2n) is 8.03. The Morgan fingerprint density at radius 1 is 1.21 bits per heavy atom. The minimum Gasteiger partial charge on any atom is -0.868 e. The van der Waals surface area contributed by atoms with Crippen LogP contribution >= 0.6 is 11.3 Å². The summed E-state index contributed by atoms with van der Waals surface area (Å²) in [7, 11) is 0. The number of Topliss-reactive ketones (excluding diaryl/α,β-unsaturated/α-hetero) is 1. The lowest BCUT2D eigenvalue weighted by Gasteiger charge is -2.28. The van der Waals surface area contributed by atoms with E-state index in [0.29, 0.717) is 34.1 Å². The molecule has 0 saturated heterocycles. The van der Waals surface area contributed by atoms with Gasteiger partial charge in [-0.25, -0.2) is 4.98 Å². The predicted octanol–water partition coefficient (Wildman–Crippen LogP) is 1.36. The molecule has 2 aromatic rings. The lowest BCUT2D eigenvalue weighted by molar-refractivity contribution is -0.896. The Kier molecular flexibility index (Phi) is 7.60. The molecule has 10 heteroatoms. The van der Waals surface area contributed by atoms with Crippen LogP contribution < -0.4 is 10.0 Å². The maximum Gasteiger partial charge on any atom is 0.269 e. The SMILES string of the molecule is CC[NH+](CC)CCCN1C(=O)C([O-])=C(C(=O)c2sc(C)nc2C)C1c1ccc([N+](=O)[O-])cc1. The van der Waals surface area contributed by atoms with E-state index in [4.69, 9.17) is 0 Å². The second-order valence-corrected chi connectivity index (χ2v) is 9.23. The number of carbonyl (C=O) groups is 2. The van der Waals surface area contributed by atoms with E-state index >= 15 is 0 Å². The van der Waals surface area contributed by atoms with Crippen LogP contribution in [0.25, 0.3) is 0 Å². The van der Waals surface area contributed by atoms with E-state index in [-0.39, 0.29) is 11.3 Å². The number of amides is 1. The Bertz CT molecular complexity index is 1090. The maximum absolute atomic E-state index is 13.4. The molecule has 176 valence electrons. The smallest absolute Gasteiger partial charge is 0.269 e. The number of rotatable bonds is 10. The van der Waals surface area contributed by atoms with E-state index in [1.807, 2.05) is 0 Å². The first-order chi connectivity index (χ1) is 15.7. The monoisotopic (exact) mass is 472 g/mol. The molecule has 3 rings (SSSR count). The molecular formula is C23H28N4O5S. The van der Waals surface area contributed by atoms with Crippen LogP contribution in [0.5, 0.6) is 0 Å². The molecule has 9 nitrogen and oxygen atoms in total. The van der Waals surface area contributed by atoms with Gasteiger partial charge in [-0.15, -0.1) is 11.3 Å². The van der Waals surface area contributed by atoms with Gasteiger partial charge >= 0.3 is 0 Å². The zero-order chi connectivity index (χ0) is 24.3. The highest BCUT2D eigenvalue weighted by Crippen LogP contribution is 2.39. The van der Waals surface area contributed by atoms with Crippen molar-refractivity contribution >= 4 is 28.7 Å². The maximum atomic E-state index is 13.4. The average molecular weight is 473 g/mol.